The van der Waals surface area contributed by atoms with Gasteiger partial charge in [-0.3, -0.25) is 0 Å². The molecule has 0 fully saturated rings. The number of fused-ring (bicyclic) bond motifs is 6. The van der Waals surface area contributed by atoms with Crippen molar-refractivity contribution < 1.29 is 0 Å². The molecule has 9 aromatic carbocycles. The molecule has 0 saturated carbocycles. The molecule has 3 heterocycles. The molecule has 66 heavy (non-hydrogen) atoms. The van der Waals surface area contributed by atoms with Crippen LogP contribution in [0.2, 0.25) is 0 Å². The molecule has 0 aliphatic carbocycles. The van der Waals surface area contributed by atoms with Gasteiger partial charge in [0.15, 0.2) is 17.2 Å². The Hall–Kier alpha value is -9.36. The van der Waals surface area contributed by atoms with Gasteiger partial charge in [-0.25, -0.2) is 19.7 Å². The van der Waals surface area contributed by atoms with E-state index in [1.165, 1.54) is 27.2 Å². The van der Waals surface area contributed by atoms with Crippen LogP contribution in [0.25, 0.3) is 121 Å². The average Bonchev–Trinajstić information content (AvgIpc) is 3.91. The van der Waals surface area contributed by atoms with Crippen molar-refractivity contribution in [1.82, 2.24) is 19.1 Å². The molecule has 0 amide bonds. The fourth-order valence-corrected chi connectivity index (χ4v) is 9.51. The summed E-state index contributed by atoms with van der Waals surface area (Å²) in [7, 11) is 0. The topological polar surface area (TPSA) is 44.4 Å². The number of nitrogens with zero attached hydrogens (tertiary/aromatic N) is 6. The van der Waals surface area contributed by atoms with Crippen molar-refractivity contribution in [1.29, 1.82) is 0 Å². The first-order chi connectivity index (χ1) is 32.6. The molecule has 12 aromatic rings. The second-order valence-electron chi connectivity index (χ2n) is 16.4. The monoisotopic (exact) mass is 840 g/mol. The van der Waals surface area contributed by atoms with Crippen LogP contribution in [0.4, 0.5) is 11.4 Å². The molecule has 0 spiro atoms. The number of para-hydroxylation sites is 3. The van der Waals surface area contributed by atoms with Gasteiger partial charge in [0.05, 0.1) is 46.6 Å². The molecule has 0 atom stereocenters. The van der Waals surface area contributed by atoms with Gasteiger partial charge in [0.2, 0.25) is 0 Å². The number of benzene rings is 9. The third-order valence-electron chi connectivity index (χ3n) is 12.6. The summed E-state index contributed by atoms with van der Waals surface area (Å²) in [6, 6.07) is 74.8. The molecule has 306 valence electrons. The summed E-state index contributed by atoms with van der Waals surface area (Å²) in [6.07, 6.45) is 0. The van der Waals surface area contributed by atoms with Crippen LogP contribution in [-0.4, -0.2) is 19.1 Å². The highest BCUT2D eigenvalue weighted by molar-refractivity contribution is 6.12. The van der Waals surface area contributed by atoms with E-state index in [2.05, 4.69) is 134 Å². The average molecular weight is 841 g/mol. The van der Waals surface area contributed by atoms with Crippen molar-refractivity contribution in [2.24, 2.45) is 0 Å². The van der Waals surface area contributed by atoms with Gasteiger partial charge < -0.3 is 9.13 Å². The van der Waals surface area contributed by atoms with Crippen molar-refractivity contribution >= 4 is 55.0 Å². The smallest absolute Gasteiger partial charge is 0.185 e. The minimum Gasteiger partial charge on any atom is -0.309 e. The van der Waals surface area contributed by atoms with Crippen molar-refractivity contribution in [3.05, 3.63) is 241 Å². The third-order valence-corrected chi connectivity index (χ3v) is 12.6. The van der Waals surface area contributed by atoms with Crippen LogP contribution >= 0.6 is 0 Å². The van der Waals surface area contributed by atoms with Gasteiger partial charge in [0.25, 0.3) is 0 Å². The van der Waals surface area contributed by atoms with E-state index in [-0.39, 0.29) is 0 Å². The number of hydrogen-bond acceptors (Lipinski definition) is 2. The highest BCUT2D eigenvalue weighted by atomic mass is 15.0. The molecule has 6 nitrogen and oxygen atoms in total. The van der Waals surface area contributed by atoms with E-state index in [9.17, 15) is 0 Å². The van der Waals surface area contributed by atoms with Gasteiger partial charge in [0.1, 0.15) is 0 Å². The van der Waals surface area contributed by atoms with E-state index in [1.54, 1.807) is 0 Å². The van der Waals surface area contributed by atoms with E-state index >= 15 is 0 Å². The zero-order chi connectivity index (χ0) is 44.1. The SMILES string of the molecule is [C-]#[N+]c1cc(-c2ccc(-c3cc(-c4ccccc4)nc(-c4ccccc4)n3)cc2)cc([N+]#[C-])c1-c1ccc(-n2c3ccccc3c3cc(-n4c5ccccc5c5ccccc54)ccc32)cc1. The predicted molar refractivity (Wildman–Crippen MR) is 270 cm³/mol. The van der Waals surface area contributed by atoms with E-state index < -0.39 is 0 Å². The summed E-state index contributed by atoms with van der Waals surface area (Å²) < 4.78 is 4.66. The number of hydrogen-bond donors (Lipinski definition) is 0. The van der Waals surface area contributed by atoms with Gasteiger partial charge in [-0.15, -0.1) is 0 Å². The summed E-state index contributed by atoms with van der Waals surface area (Å²) in [5.41, 5.74) is 15.2. The van der Waals surface area contributed by atoms with Gasteiger partial charge >= 0.3 is 0 Å². The maximum absolute atomic E-state index is 8.29. The predicted octanol–water partition coefficient (Wildman–Crippen LogP) is 16.1. The lowest BCUT2D eigenvalue weighted by Gasteiger charge is -2.14. The van der Waals surface area contributed by atoms with Gasteiger partial charge in [-0.05, 0) is 76.9 Å². The van der Waals surface area contributed by atoms with Crippen molar-refractivity contribution in [2.45, 2.75) is 0 Å². The summed E-state index contributed by atoms with van der Waals surface area (Å²) in [6.45, 7) is 16.6. The Morgan fingerprint density at radius 1 is 0.318 bits per heavy atom. The molecular weight excluding hydrogens is 805 g/mol. The number of aromatic nitrogens is 4. The van der Waals surface area contributed by atoms with Crippen LogP contribution in [-0.2, 0) is 0 Å². The minimum absolute atomic E-state index is 0.431. The van der Waals surface area contributed by atoms with Crippen LogP contribution in [0.3, 0.4) is 0 Å². The zero-order valence-corrected chi connectivity index (χ0v) is 35.5. The molecule has 3 aromatic heterocycles. The minimum atomic E-state index is 0.431. The van der Waals surface area contributed by atoms with Gasteiger partial charge in [-0.2, -0.15) is 0 Å². The summed E-state index contributed by atoms with van der Waals surface area (Å²) >= 11 is 0. The Balaban J connectivity index is 0.891. The van der Waals surface area contributed by atoms with E-state index in [4.69, 9.17) is 23.1 Å². The van der Waals surface area contributed by atoms with E-state index in [0.29, 0.717) is 22.8 Å². The molecule has 0 N–H and O–H groups in total. The quantitative estimate of drug-likeness (QED) is 0.150. The first-order valence-corrected chi connectivity index (χ1v) is 21.8. The first-order valence-electron chi connectivity index (χ1n) is 21.8. The summed E-state index contributed by atoms with van der Waals surface area (Å²) in [4.78, 5) is 17.9. The second-order valence-corrected chi connectivity index (χ2v) is 16.4. The molecule has 0 radical (unpaired) electrons. The highest BCUT2D eigenvalue weighted by Gasteiger charge is 2.19. The normalized spacial score (nSPS) is 11.3. The standard InChI is InChI=1S/C60H36N6/c1-61-53-35-44(39-25-27-41(28-26-39)52-38-51(40-15-5-3-6-16-40)63-60(64-52)43-17-7-4-8-18-43)36-54(62-2)59(53)42-29-31-45(32-30-42)65-57-24-14-11-21-49(57)50-37-46(33-34-58(50)65)66-55-22-12-9-19-47(55)48-20-10-13-23-56(48)66/h3-38H. The summed E-state index contributed by atoms with van der Waals surface area (Å²) in [5.74, 6) is 0.656. The lowest BCUT2D eigenvalue weighted by atomic mass is 9.95. The van der Waals surface area contributed by atoms with E-state index in [1.807, 2.05) is 103 Å². The molecule has 12 rings (SSSR count). The Bertz CT molecular complexity index is 3780. The van der Waals surface area contributed by atoms with Crippen LogP contribution in [0.1, 0.15) is 0 Å². The largest absolute Gasteiger partial charge is 0.309 e. The highest BCUT2D eigenvalue weighted by Crippen LogP contribution is 2.44. The Labute approximate surface area is 381 Å². The third kappa shape index (κ3) is 6.41. The van der Waals surface area contributed by atoms with Gasteiger partial charge in [0, 0.05) is 49.6 Å². The maximum Gasteiger partial charge on any atom is 0.185 e. The Morgan fingerprint density at radius 3 is 1.30 bits per heavy atom. The summed E-state index contributed by atoms with van der Waals surface area (Å²) in [5, 5.41) is 4.79. The lowest BCUT2D eigenvalue weighted by Crippen LogP contribution is -1.96. The van der Waals surface area contributed by atoms with E-state index in [0.717, 1.165) is 72.6 Å². The van der Waals surface area contributed by atoms with Crippen molar-refractivity contribution in [2.75, 3.05) is 0 Å². The van der Waals surface area contributed by atoms with Gasteiger partial charge in [-0.1, -0.05) is 164 Å². The maximum atomic E-state index is 8.29. The Morgan fingerprint density at radius 2 is 0.742 bits per heavy atom. The molecule has 0 saturated heterocycles. The molecule has 0 bridgehead atoms. The van der Waals surface area contributed by atoms with Crippen LogP contribution in [0, 0.1) is 13.1 Å². The fourth-order valence-electron chi connectivity index (χ4n) is 9.51. The van der Waals surface area contributed by atoms with Crippen molar-refractivity contribution in [3.63, 3.8) is 0 Å². The van der Waals surface area contributed by atoms with Crippen LogP contribution < -0.4 is 0 Å². The first kappa shape index (κ1) is 38.3. The van der Waals surface area contributed by atoms with Crippen LogP contribution in [0.15, 0.2) is 218 Å². The second kappa shape index (κ2) is 15.8. The number of rotatable bonds is 7. The molecule has 0 aliphatic heterocycles. The molecule has 0 unspecified atom stereocenters. The molecule has 0 aliphatic rings. The van der Waals surface area contributed by atoms with Crippen molar-refractivity contribution in [3.8, 4) is 67.5 Å². The Kier molecular flexibility index (Phi) is 9.16. The lowest BCUT2D eigenvalue weighted by molar-refractivity contribution is 1.17. The van der Waals surface area contributed by atoms with Crippen LogP contribution in [0.5, 0.6) is 0 Å². The zero-order valence-electron chi connectivity index (χ0n) is 35.5. The fraction of sp³-hybridized carbons (Fsp3) is 0. The molecular formula is C60H36N6. The molecule has 6 heteroatoms.